The zero-order valence-corrected chi connectivity index (χ0v) is 15.3. The molecule has 0 aromatic rings. The van der Waals surface area contributed by atoms with Crippen molar-refractivity contribution in [1.29, 1.82) is 0 Å². The fraction of sp³-hybridized carbons (Fsp3) is 0.900. The first-order valence-corrected chi connectivity index (χ1v) is 12.2. The second-order valence-corrected chi connectivity index (χ2v) is 12.2. The molecule has 0 bridgehead atoms. The third kappa shape index (κ3) is 291999999999999986413810457430196224. The van der Waals surface area contributed by atoms with Crippen LogP contribution >= 0.6 is 7.14 Å². The summed E-state index contributed by atoms with van der Waals surface area (Å²) in [5.41, 5.74) is 0. The number of sulfone groups is 1. The molecule has 0 rings (SSSR count). The molecule has 0 aromatic heterocycles. The SMILES string of the molecule is CC(C)=O.CP(C)(C)=O.CS(C)(=O)=O.CS(C)=O. The topological polar surface area (TPSA) is 85.3 Å². The maximum absolute atomic E-state index is 10.2. The standard InChI is InChI=1S/C3H9OP.C3H6O.C2H6O2S.C2H6OS/c1-5(2,3)4;1-3(2)4;1-5(2,3)4;1-4(2)3/h1-3H3;1-2H3;1-2H3;1-2H3. The number of Topliss-reactive ketones (excluding diaryl/α,β-unsaturated/α-hetero) is 1. The van der Waals surface area contributed by atoms with E-state index in [1.54, 1.807) is 32.5 Å². The van der Waals surface area contributed by atoms with E-state index in [0.29, 0.717) is 0 Å². The third-order valence-corrected chi connectivity index (χ3v) is 0. The Bertz CT molecular complexity index is 331. The molecule has 114 valence electrons. The van der Waals surface area contributed by atoms with Crippen LogP contribution in [0.25, 0.3) is 0 Å². The fourth-order valence-electron chi connectivity index (χ4n) is 0. The zero-order valence-electron chi connectivity index (χ0n) is 12.8. The highest BCUT2D eigenvalue weighted by atomic mass is 32.2. The molecule has 0 saturated carbocycles. The van der Waals surface area contributed by atoms with E-state index >= 15 is 0 Å². The summed E-state index contributed by atoms with van der Waals surface area (Å²) in [6.07, 6.45) is 5.60. The van der Waals surface area contributed by atoms with Gasteiger partial charge in [0.05, 0.1) is 7.14 Å². The van der Waals surface area contributed by atoms with Gasteiger partial charge in [0, 0.05) is 35.8 Å². The van der Waals surface area contributed by atoms with E-state index < -0.39 is 27.8 Å². The lowest BCUT2D eigenvalue weighted by atomic mass is 10.6. The summed E-state index contributed by atoms with van der Waals surface area (Å²) in [6.45, 7) is 8.28. The van der Waals surface area contributed by atoms with Gasteiger partial charge in [-0.15, -0.1) is 0 Å². The Morgan fingerprint density at radius 1 is 1.00 bits per heavy atom. The molecular weight excluding hydrogens is 295 g/mol. The Balaban J connectivity index is -0.0000000731. The van der Waals surface area contributed by atoms with E-state index in [1.807, 2.05) is 0 Å². The highest BCUT2D eigenvalue weighted by Gasteiger charge is 1.89. The molecule has 18 heavy (non-hydrogen) atoms. The van der Waals surface area contributed by atoms with Gasteiger partial charge in [-0.1, -0.05) is 0 Å². The van der Waals surface area contributed by atoms with E-state index in [9.17, 15) is 22.0 Å². The predicted octanol–water partition coefficient (Wildman–Crippen LogP) is 1.49. The Hall–Kier alpha value is -0.000000000000000111. The number of hydrogen-bond acceptors (Lipinski definition) is 5. The van der Waals surface area contributed by atoms with Crippen LogP contribution in [0.4, 0.5) is 0 Å². The van der Waals surface area contributed by atoms with Crippen LogP contribution in [-0.2, 0) is 30.0 Å². The monoisotopic (exact) mass is 322 g/mol. The van der Waals surface area contributed by atoms with Crippen molar-refractivity contribution in [3.05, 3.63) is 0 Å². The molecule has 5 nitrogen and oxygen atoms in total. The van der Waals surface area contributed by atoms with Crippen LogP contribution in [0.5, 0.6) is 0 Å². The molecule has 0 atom stereocenters. The van der Waals surface area contributed by atoms with E-state index in [-0.39, 0.29) is 5.78 Å². The first-order valence-electron chi connectivity index (χ1n) is 4.86. The van der Waals surface area contributed by atoms with Gasteiger partial charge in [-0.05, 0) is 33.8 Å². The van der Waals surface area contributed by atoms with Gasteiger partial charge in [-0.2, -0.15) is 0 Å². The minimum atomic E-state index is -2.67. The van der Waals surface area contributed by atoms with Crippen molar-refractivity contribution in [2.24, 2.45) is 0 Å². The molecule has 0 spiro atoms. The Labute approximate surface area is 114 Å². The molecule has 0 amide bonds. The number of carbonyl (C=O) groups excluding carboxylic acids is 1. The Morgan fingerprint density at radius 2 is 1.00 bits per heavy atom. The van der Waals surface area contributed by atoms with E-state index in [1.165, 1.54) is 13.8 Å². The van der Waals surface area contributed by atoms with Crippen LogP contribution in [0.2, 0.25) is 0 Å². The lowest BCUT2D eigenvalue weighted by Crippen LogP contribution is -1.86. The van der Waals surface area contributed by atoms with E-state index in [4.69, 9.17) is 0 Å². The van der Waals surface area contributed by atoms with Crippen LogP contribution in [0.1, 0.15) is 13.8 Å². The predicted molar refractivity (Wildman–Crippen MR) is 82.5 cm³/mol. The number of rotatable bonds is 0. The van der Waals surface area contributed by atoms with Crippen molar-refractivity contribution in [3.8, 4) is 0 Å². The molecule has 0 aliphatic carbocycles. The number of ketones is 1. The van der Waals surface area contributed by atoms with Gasteiger partial charge in [-0.25, -0.2) is 8.42 Å². The lowest BCUT2D eigenvalue weighted by Gasteiger charge is -1.86. The average molecular weight is 322 g/mol. The summed E-state index contributed by atoms with van der Waals surface area (Å²) >= 11 is 0. The Morgan fingerprint density at radius 3 is 1.00 bits per heavy atom. The first kappa shape index (κ1) is 26.5. The maximum Gasteiger partial charge on any atom is 0.144 e. The highest BCUT2D eigenvalue weighted by Crippen LogP contribution is 2.28. The molecule has 0 N–H and O–H groups in total. The number of carbonyl (C=O) groups is 1. The zero-order chi connectivity index (χ0) is 16.2. The smallest absolute Gasteiger partial charge is 0.144 e. The summed E-state index contributed by atoms with van der Waals surface area (Å²) in [4.78, 5) is 9.44. The highest BCUT2D eigenvalue weighted by molar-refractivity contribution is 7.89. The fourth-order valence-corrected chi connectivity index (χ4v) is 0. The minimum Gasteiger partial charge on any atom is -0.324 e. The van der Waals surface area contributed by atoms with Crippen LogP contribution in [0, 0.1) is 0 Å². The van der Waals surface area contributed by atoms with Crippen molar-refractivity contribution < 1.29 is 22.0 Å². The van der Waals surface area contributed by atoms with E-state index in [2.05, 4.69) is 0 Å². The maximum atomic E-state index is 10.2. The molecule has 0 aliphatic heterocycles. The van der Waals surface area contributed by atoms with Crippen molar-refractivity contribution in [2.45, 2.75) is 13.8 Å². The van der Waals surface area contributed by atoms with Gasteiger partial charge < -0.3 is 9.36 Å². The molecule has 0 aromatic carbocycles. The lowest BCUT2D eigenvalue weighted by molar-refractivity contribution is -0.114. The summed E-state index contributed by atoms with van der Waals surface area (Å²) in [5.74, 6) is 0.167. The van der Waals surface area contributed by atoms with Gasteiger partial charge in [-0.3, -0.25) is 4.21 Å². The quantitative estimate of drug-likeness (QED) is 0.631. The second-order valence-electron chi connectivity index (χ2n) is 4.68. The minimum absolute atomic E-state index is 0.167. The van der Waals surface area contributed by atoms with Crippen LogP contribution in [0.15, 0.2) is 0 Å². The van der Waals surface area contributed by atoms with Crippen LogP contribution in [-0.4, -0.2) is 63.4 Å². The molecule has 0 heterocycles. The van der Waals surface area contributed by atoms with Crippen molar-refractivity contribution in [2.75, 3.05) is 45.0 Å². The van der Waals surface area contributed by atoms with Crippen molar-refractivity contribution in [3.63, 3.8) is 0 Å². The molecule has 0 unspecified atom stereocenters. The van der Waals surface area contributed by atoms with Crippen LogP contribution < -0.4 is 0 Å². The van der Waals surface area contributed by atoms with Crippen molar-refractivity contribution >= 4 is 33.6 Å². The van der Waals surface area contributed by atoms with Gasteiger partial charge in [0.25, 0.3) is 0 Å². The second kappa shape index (κ2) is 13.4. The Kier molecular flexibility index (Phi) is 19.8. The van der Waals surface area contributed by atoms with Crippen LogP contribution in [0.3, 0.4) is 0 Å². The molecule has 0 saturated heterocycles. The van der Waals surface area contributed by atoms with Gasteiger partial charge in [0.15, 0.2) is 0 Å². The normalized spacial score (nSPS) is 9.89. The summed E-state index contributed by atoms with van der Waals surface area (Å²) in [6, 6.07) is 0. The summed E-state index contributed by atoms with van der Waals surface area (Å²) < 4.78 is 39.0. The van der Waals surface area contributed by atoms with Gasteiger partial charge in [0.1, 0.15) is 15.6 Å². The summed E-state index contributed by atoms with van der Waals surface area (Å²) in [5, 5.41) is 0. The average Bonchev–Trinajstić information content (AvgIpc) is 1.70. The molecule has 0 aliphatic rings. The largest absolute Gasteiger partial charge is 0.324 e. The first-order chi connectivity index (χ1) is 7.46. The molecular formula is C10H27O5PS2. The summed E-state index contributed by atoms with van der Waals surface area (Å²) in [7, 11) is -4.92. The molecule has 0 radical (unpaired) electrons. The van der Waals surface area contributed by atoms with Gasteiger partial charge in [0.2, 0.25) is 0 Å². The number of hydrogen-bond donors (Lipinski definition) is 0. The van der Waals surface area contributed by atoms with E-state index in [0.717, 1.165) is 12.5 Å². The molecule has 0 fully saturated rings. The third-order valence-electron chi connectivity index (χ3n) is 0. The molecule has 8 heteroatoms. The van der Waals surface area contributed by atoms with Crippen molar-refractivity contribution in [1.82, 2.24) is 0 Å². The van der Waals surface area contributed by atoms with Gasteiger partial charge >= 0.3 is 0 Å².